The zero-order chi connectivity index (χ0) is 13.7. The Morgan fingerprint density at radius 3 is 2.58 bits per heavy atom. The van der Waals surface area contributed by atoms with E-state index in [1.165, 1.54) is 11.1 Å². The number of likely N-dealkylation sites (N-methyl/N-ethyl adjacent to an activating group) is 1. The van der Waals surface area contributed by atoms with Gasteiger partial charge in [-0.15, -0.1) is 0 Å². The van der Waals surface area contributed by atoms with Crippen LogP contribution in [0.2, 0.25) is 5.02 Å². The minimum absolute atomic E-state index is 0.292. The van der Waals surface area contributed by atoms with E-state index in [0.717, 1.165) is 23.7 Å². The van der Waals surface area contributed by atoms with Crippen molar-refractivity contribution in [1.82, 2.24) is 10.3 Å². The van der Waals surface area contributed by atoms with Crippen molar-refractivity contribution in [2.75, 3.05) is 6.54 Å². The molecule has 2 nitrogen and oxygen atoms in total. The Hall–Kier alpha value is -1.38. The molecule has 2 rings (SSSR count). The largest absolute Gasteiger partial charge is 0.310 e. The van der Waals surface area contributed by atoms with Gasteiger partial charge in [-0.3, -0.25) is 4.98 Å². The van der Waals surface area contributed by atoms with Gasteiger partial charge in [0.05, 0.1) is 0 Å². The van der Waals surface area contributed by atoms with E-state index in [4.69, 9.17) is 11.6 Å². The smallest absolute Gasteiger partial charge is 0.0420 e. The van der Waals surface area contributed by atoms with Crippen LogP contribution in [0, 0.1) is 6.92 Å². The Morgan fingerprint density at radius 2 is 1.95 bits per heavy atom. The van der Waals surface area contributed by atoms with Gasteiger partial charge in [0.1, 0.15) is 0 Å². The van der Waals surface area contributed by atoms with Crippen LogP contribution in [0.5, 0.6) is 0 Å². The molecule has 0 bridgehead atoms. The van der Waals surface area contributed by atoms with Gasteiger partial charge in [-0.25, -0.2) is 0 Å². The Kier molecular flexibility index (Phi) is 4.94. The summed E-state index contributed by atoms with van der Waals surface area (Å²) < 4.78 is 0. The number of rotatable bonds is 5. The normalized spacial score (nSPS) is 12.4. The molecule has 0 radical (unpaired) electrons. The molecule has 1 aromatic carbocycles. The van der Waals surface area contributed by atoms with Crippen LogP contribution in [0.3, 0.4) is 0 Å². The number of halogens is 1. The topological polar surface area (TPSA) is 24.9 Å². The first kappa shape index (κ1) is 14.0. The van der Waals surface area contributed by atoms with E-state index in [0.29, 0.717) is 6.04 Å². The molecular formula is C16H19ClN2. The first-order chi connectivity index (χ1) is 9.20. The fourth-order valence-electron chi connectivity index (χ4n) is 2.26. The van der Waals surface area contributed by atoms with E-state index >= 15 is 0 Å². The van der Waals surface area contributed by atoms with Crippen LogP contribution in [0.4, 0.5) is 0 Å². The summed E-state index contributed by atoms with van der Waals surface area (Å²) in [5.41, 5.74) is 3.63. The molecule has 1 unspecified atom stereocenters. The van der Waals surface area contributed by atoms with Crippen LogP contribution in [-0.2, 0) is 6.42 Å². The van der Waals surface area contributed by atoms with Crippen LogP contribution < -0.4 is 5.32 Å². The number of hydrogen-bond acceptors (Lipinski definition) is 2. The first-order valence-electron chi connectivity index (χ1n) is 6.60. The molecule has 1 aromatic heterocycles. The molecule has 0 aliphatic heterocycles. The molecule has 1 heterocycles. The van der Waals surface area contributed by atoms with Crippen molar-refractivity contribution in [3.63, 3.8) is 0 Å². The van der Waals surface area contributed by atoms with Gasteiger partial charge in [-0.1, -0.05) is 36.7 Å². The molecule has 1 atom stereocenters. The molecule has 0 aliphatic carbocycles. The molecule has 3 heteroatoms. The number of aromatic nitrogens is 1. The van der Waals surface area contributed by atoms with Gasteiger partial charge in [0.2, 0.25) is 0 Å². The number of pyridine rings is 1. The van der Waals surface area contributed by atoms with E-state index in [2.05, 4.69) is 42.3 Å². The second-order valence-corrected chi connectivity index (χ2v) is 5.06. The summed E-state index contributed by atoms with van der Waals surface area (Å²) in [7, 11) is 0. The quantitative estimate of drug-likeness (QED) is 0.893. The standard InChI is InChI=1S/C16H19ClN2/c1-3-18-16(15-5-4-10-19-12(15)2)11-13-6-8-14(17)9-7-13/h4-10,16,18H,3,11H2,1-2H3. The lowest BCUT2D eigenvalue weighted by molar-refractivity contribution is 0.545. The van der Waals surface area contributed by atoms with E-state index in [-0.39, 0.29) is 0 Å². The number of nitrogens with one attached hydrogen (secondary N) is 1. The predicted molar refractivity (Wildman–Crippen MR) is 80.5 cm³/mol. The molecule has 0 fully saturated rings. The maximum Gasteiger partial charge on any atom is 0.0420 e. The van der Waals surface area contributed by atoms with Crippen LogP contribution in [-0.4, -0.2) is 11.5 Å². The summed E-state index contributed by atoms with van der Waals surface area (Å²) in [5, 5.41) is 4.31. The van der Waals surface area contributed by atoms with E-state index in [1.54, 1.807) is 0 Å². The number of benzene rings is 1. The van der Waals surface area contributed by atoms with Crippen LogP contribution in [0.25, 0.3) is 0 Å². The summed E-state index contributed by atoms with van der Waals surface area (Å²) >= 11 is 5.93. The van der Waals surface area contributed by atoms with Crippen molar-refractivity contribution >= 4 is 11.6 Å². The van der Waals surface area contributed by atoms with Crippen molar-refractivity contribution in [1.29, 1.82) is 0 Å². The number of nitrogens with zero attached hydrogens (tertiary/aromatic N) is 1. The van der Waals surface area contributed by atoms with Crippen molar-refractivity contribution in [3.05, 3.63) is 64.4 Å². The van der Waals surface area contributed by atoms with E-state index in [1.807, 2.05) is 24.4 Å². The lowest BCUT2D eigenvalue weighted by Crippen LogP contribution is -2.24. The summed E-state index contributed by atoms with van der Waals surface area (Å²) in [6, 6.07) is 12.5. The third-order valence-corrected chi connectivity index (χ3v) is 3.48. The maximum absolute atomic E-state index is 5.93. The molecular weight excluding hydrogens is 256 g/mol. The number of aryl methyl sites for hydroxylation is 1. The fourth-order valence-corrected chi connectivity index (χ4v) is 2.39. The highest BCUT2D eigenvalue weighted by atomic mass is 35.5. The minimum atomic E-state index is 0.292. The van der Waals surface area contributed by atoms with Gasteiger partial charge in [0.25, 0.3) is 0 Å². The molecule has 1 N–H and O–H groups in total. The van der Waals surface area contributed by atoms with Gasteiger partial charge in [0, 0.05) is 23.0 Å². The highest BCUT2D eigenvalue weighted by molar-refractivity contribution is 6.30. The summed E-state index contributed by atoms with van der Waals surface area (Å²) in [5.74, 6) is 0. The van der Waals surface area contributed by atoms with E-state index in [9.17, 15) is 0 Å². The fraction of sp³-hybridized carbons (Fsp3) is 0.312. The highest BCUT2D eigenvalue weighted by Crippen LogP contribution is 2.21. The van der Waals surface area contributed by atoms with Crippen molar-refractivity contribution < 1.29 is 0 Å². The molecule has 100 valence electrons. The Labute approximate surface area is 119 Å². The number of hydrogen-bond donors (Lipinski definition) is 1. The Morgan fingerprint density at radius 1 is 1.21 bits per heavy atom. The lowest BCUT2D eigenvalue weighted by atomic mass is 9.98. The van der Waals surface area contributed by atoms with Crippen LogP contribution in [0.15, 0.2) is 42.6 Å². The molecule has 0 amide bonds. The lowest BCUT2D eigenvalue weighted by Gasteiger charge is -2.20. The predicted octanol–water partition coefficient (Wildman–Crippen LogP) is 3.94. The van der Waals surface area contributed by atoms with Gasteiger partial charge >= 0.3 is 0 Å². The SMILES string of the molecule is CCNC(Cc1ccc(Cl)cc1)c1cccnc1C. The van der Waals surface area contributed by atoms with E-state index < -0.39 is 0 Å². The van der Waals surface area contributed by atoms with Gasteiger partial charge in [-0.2, -0.15) is 0 Å². The third-order valence-electron chi connectivity index (χ3n) is 3.23. The molecule has 0 saturated carbocycles. The third kappa shape index (κ3) is 3.79. The van der Waals surface area contributed by atoms with Crippen LogP contribution >= 0.6 is 11.6 Å². The Balaban J connectivity index is 2.21. The maximum atomic E-state index is 5.93. The molecule has 0 aliphatic rings. The average molecular weight is 275 g/mol. The second kappa shape index (κ2) is 6.69. The second-order valence-electron chi connectivity index (χ2n) is 4.62. The molecule has 2 aromatic rings. The van der Waals surface area contributed by atoms with Gasteiger partial charge in [-0.05, 0) is 49.2 Å². The summed E-state index contributed by atoms with van der Waals surface area (Å²) in [4.78, 5) is 4.38. The molecule has 0 saturated heterocycles. The van der Waals surface area contributed by atoms with Crippen molar-refractivity contribution in [3.8, 4) is 0 Å². The van der Waals surface area contributed by atoms with Gasteiger partial charge < -0.3 is 5.32 Å². The summed E-state index contributed by atoms with van der Waals surface area (Å²) in [6.07, 6.45) is 2.78. The molecule has 19 heavy (non-hydrogen) atoms. The zero-order valence-corrected chi connectivity index (χ0v) is 12.1. The monoisotopic (exact) mass is 274 g/mol. The zero-order valence-electron chi connectivity index (χ0n) is 11.4. The first-order valence-corrected chi connectivity index (χ1v) is 6.98. The van der Waals surface area contributed by atoms with Crippen LogP contribution in [0.1, 0.15) is 29.8 Å². The minimum Gasteiger partial charge on any atom is -0.310 e. The average Bonchev–Trinajstić information content (AvgIpc) is 2.41. The van der Waals surface area contributed by atoms with Crippen molar-refractivity contribution in [2.24, 2.45) is 0 Å². The Bertz CT molecular complexity index is 523. The van der Waals surface area contributed by atoms with Gasteiger partial charge in [0.15, 0.2) is 0 Å². The van der Waals surface area contributed by atoms with Crippen molar-refractivity contribution in [2.45, 2.75) is 26.3 Å². The summed E-state index contributed by atoms with van der Waals surface area (Å²) in [6.45, 7) is 5.12. The molecule has 0 spiro atoms. The highest BCUT2D eigenvalue weighted by Gasteiger charge is 2.13.